The highest BCUT2D eigenvalue weighted by molar-refractivity contribution is 7.89. The number of hydrogen-bond acceptors (Lipinski definition) is 4. The molecule has 0 spiro atoms. The minimum atomic E-state index is -3.61. The van der Waals surface area contributed by atoms with Crippen LogP contribution in [-0.2, 0) is 14.8 Å². The number of piperazine rings is 1. The van der Waals surface area contributed by atoms with Crippen molar-refractivity contribution in [3.63, 3.8) is 0 Å². The van der Waals surface area contributed by atoms with Crippen LogP contribution in [0.3, 0.4) is 0 Å². The van der Waals surface area contributed by atoms with E-state index in [0.717, 1.165) is 29.8 Å². The van der Waals surface area contributed by atoms with Gasteiger partial charge in [0.1, 0.15) is 0 Å². The number of hydrogen-bond donors (Lipinski definition) is 2. The van der Waals surface area contributed by atoms with Gasteiger partial charge in [0, 0.05) is 38.6 Å². The van der Waals surface area contributed by atoms with Gasteiger partial charge in [-0.25, -0.2) is 13.1 Å². The van der Waals surface area contributed by atoms with Crippen molar-refractivity contribution in [1.29, 1.82) is 0 Å². The largest absolute Gasteiger partial charge is 0.337 e. The molecular weight excluding hydrogens is 362 g/mol. The van der Waals surface area contributed by atoms with Gasteiger partial charge in [0.05, 0.1) is 4.90 Å². The summed E-state index contributed by atoms with van der Waals surface area (Å²) < 4.78 is 27.7. The molecule has 0 bridgehead atoms. The summed E-state index contributed by atoms with van der Waals surface area (Å²) in [6, 6.07) is 3.86. The number of aryl methyl sites for hydroxylation is 3. The summed E-state index contributed by atoms with van der Waals surface area (Å²) in [5.74, 6) is -0.0101. The molecule has 1 unspecified atom stereocenters. The van der Waals surface area contributed by atoms with Crippen molar-refractivity contribution >= 4 is 28.3 Å². The van der Waals surface area contributed by atoms with E-state index >= 15 is 0 Å². The lowest BCUT2D eigenvalue weighted by Crippen LogP contribution is -2.52. The van der Waals surface area contributed by atoms with Crippen molar-refractivity contribution in [1.82, 2.24) is 14.9 Å². The van der Waals surface area contributed by atoms with Crippen LogP contribution in [0.15, 0.2) is 17.0 Å². The summed E-state index contributed by atoms with van der Waals surface area (Å²) >= 11 is 0. The number of carbonyl (C=O) groups excluding carboxylic acids is 1. The van der Waals surface area contributed by atoms with Gasteiger partial charge in [0.15, 0.2) is 0 Å². The topological polar surface area (TPSA) is 78.5 Å². The van der Waals surface area contributed by atoms with E-state index in [-0.39, 0.29) is 37.3 Å². The van der Waals surface area contributed by atoms with Crippen molar-refractivity contribution in [2.24, 2.45) is 0 Å². The maximum atomic E-state index is 12.6. The SMILES string of the molecule is Cc1cc(C)c(S(=O)(=O)NCCC(=O)N2CCNCC2C)c(C)c1.Cl. The molecule has 2 N–H and O–H groups in total. The number of amides is 1. The molecule has 2 rings (SSSR count). The Morgan fingerprint density at radius 3 is 2.44 bits per heavy atom. The number of nitrogens with one attached hydrogen (secondary N) is 2. The van der Waals surface area contributed by atoms with Crippen LogP contribution in [0.4, 0.5) is 0 Å². The zero-order valence-corrected chi connectivity index (χ0v) is 16.9. The summed E-state index contributed by atoms with van der Waals surface area (Å²) in [6.45, 7) is 9.87. The molecule has 0 saturated carbocycles. The zero-order valence-electron chi connectivity index (χ0n) is 15.3. The molecule has 1 atom stereocenters. The van der Waals surface area contributed by atoms with E-state index in [4.69, 9.17) is 0 Å². The van der Waals surface area contributed by atoms with E-state index in [9.17, 15) is 13.2 Å². The summed E-state index contributed by atoms with van der Waals surface area (Å²) in [6.07, 6.45) is 0.174. The van der Waals surface area contributed by atoms with Gasteiger partial charge in [-0.15, -0.1) is 12.4 Å². The second-order valence-electron chi connectivity index (χ2n) is 6.52. The standard InChI is InChI=1S/C17H27N3O3S.ClH/c1-12-9-13(2)17(14(3)10-12)24(22,23)19-6-5-16(21)20-8-7-18-11-15(20)4;/h9-10,15,18-19H,5-8,11H2,1-4H3;1H. The molecule has 25 heavy (non-hydrogen) atoms. The molecule has 0 aromatic heterocycles. The van der Waals surface area contributed by atoms with Crippen LogP contribution >= 0.6 is 12.4 Å². The van der Waals surface area contributed by atoms with Crippen LogP contribution in [-0.4, -0.2) is 51.4 Å². The van der Waals surface area contributed by atoms with Crippen LogP contribution in [0.2, 0.25) is 0 Å². The molecule has 0 radical (unpaired) electrons. The van der Waals surface area contributed by atoms with Crippen LogP contribution in [0.1, 0.15) is 30.0 Å². The lowest BCUT2D eigenvalue weighted by molar-refractivity contribution is -0.133. The minimum absolute atomic E-state index is 0. The Labute approximate surface area is 156 Å². The predicted octanol–water partition coefficient (Wildman–Crippen LogP) is 1.52. The van der Waals surface area contributed by atoms with Gasteiger partial charge in [0.2, 0.25) is 15.9 Å². The van der Waals surface area contributed by atoms with Crippen molar-refractivity contribution in [3.8, 4) is 0 Å². The monoisotopic (exact) mass is 389 g/mol. The second kappa shape index (κ2) is 8.98. The van der Waals surface area contributed by atoms with Crippen molar-refractivity contribution in [2.75, 3.05) is 26.2 Å². The lowest BCUT2D eigenvalue weighted by atomic mass is 10.1. The van der Waals surface area contributed by atoms with E-state index in [1.54, 1.807) is 13.8 Å². The summed E-state index contributed by atoms with van der Waals surface area (Å²) in [7, 11) is -3.61. The van der Waals surface area contributed by atoms with E-state index in [2.05, 4.69) is 10.0 Å². The Balaban J connectivity index is 0.00000312. The third-order valence-corrected chi connectivity index (χ3v) is 6.09. The molecule has 142 valence electrons. The lowest BCUT2D eigenvalue weighted by Gasteiger charge is -2.34. The van der Waals surface area contributed by atoms with Crippen molar-refractivity contribution in [2.45, 2.75) is 45.1 Å². The van der Waals surface area contributed by atoms with Crippen LogP contribution < -0.4 is 10.0 Å². The zero-order chi connectivity index (χ0) is 17.9. The summed E-state index contributed by atoms with van der Waals surface area (Å²) in [5, 5.41) is 3.23. The summed E-state index contributed by atoms with van der Waals surface area (Å²) in [4.78, 5) is 14.4. The van der Waals surface area contributed by atoms with E-state index < -0.39 is 10.0 Å². The number of halogens is 1. The molecule has 1 aromatic carbocycles. The first-order valence-electron chi connectivity index (χ1n) is 8.30. The molecule has 1 heterocycles. The van der Waals surface area contributed by atoms with Crippen LogP contribution in [0, 0.1) is 20.8 Å². The second-order valence-corrected chi connectivity index (χ2v) is 8.22. The first-order chi connectivity index (χ1) is 11.2. The Hall–Kier alpha value is -1.15. The van der Waals surface area contributed by atoms with Gasteiger partial charge >= 0.3 is 0 Å². The van der Waals surface area contributed by atoms with Crippen molar-refractivity contribution in [3.05, 3.63) is 28.8 Å². The molecule has 0 aliphatic carbocycles. The molecular formula is C17H28ClN3O3S. The fourth-order valence-electron chi connectivity index (χ4n) is 3.31. The van der Waals surface area contributed by atoms with Gasteiger partial charge in [0.25, 0.3) is 0 Å². The Morgan fingerprint density at radius 1 is 1.28 bits per heavy atom. The molecule has 1 aliphatic heterocycles. The first kappa shape index (κ1) is 21.9. The average molecular weight is 390 g/mol. The smallest absolute Gasteiger partial charge is 0.241 e. The Kier molecular flexibility index (Phi) is 7.87. The maximum absolute atomic E-state index is 12.6. The number of benzene rings is 1. The highest BCUT2D eigenvalue weighted by atomic mass is 35.5. The highest BCUT2D eigenvalue weighted by Crippen LogP contribution is 2.21. The number of sulfonamides is 1. The number of rotatable bonds is 5. The maximum Gasteiger partial charge on any atom is 0.241 e. The molecule has 1 saturated heterocycles. The fraction of sp³-hybridized carbons (Fsp3) is 0.588. The van der Waals surface area contributed by atoms with E-state index in [1.165, 1.54) is 0 Å². The number of nitrogens with zero attached hydrogens (tertiary/aromatic N) is 1. The van der Waals surface area contributed by atoms with Gasteiger partial charge < -0.3 is 10.2 Å². The summed E-state index contributed by atoms with van der Waals surface area (Å²) in [5.41, 5.74) is 2.48. The first-order valence-corrected chi connectivity index (χ1v) is 9.78. The number of carbonyl (C=O) groups is 1. The quantitative estimate of drug-likeness (QED) is 0.800. The molecule has 1 fully saturated rings. The molecule has 1 amide bonds. The average Bonchev–Trinajstić information content (AvgIpc) is 2.45. The molecule has 1 aliphatic rings. The van der Waals surface area contributed by atoms with Crippen LogP contribution in [0.5, 0.6) is 0 Å². The van der Waals surface area contributed by atoms with E-state index in [0.29, 0.717) is 11.4 Å². The minimum Gasteiger partial charge on any atom is -0.337 e. The van der Waals surface area contributed by atoms with Gasteiger partial charge in [-0.3, -0.25) is 4.79 Å². The third kappa shape index (κ3) is 5.41. The molecule has 6 nitrogen and oxygen atoms in total. The third-order valence-electron chi connectivity index (χ3n) is 4.33. The van der Waals surface area contributed by atoms with Gasteiger partial charge in [-0.05, 0) is 38.8 Å². The molecule has 1 aromatic rings. The van der Waals surface area contributed by atoms with Gasteiger partial charge in [-0.1, -0.05) is 17.7 Å². The highest BCUT2D eigenvalue weighted by Gasteiger charge is 2.24. The van der Waals surface area contributed by atoms with Crippen molar-refractivity contribution < 1.29 is 13.2 Å². The predicted molar refractivity (Wildman–Crippen MR) is 102 cm³/mol. The van der Waals surface area contributed by atoms with Crippen LogP contribution in [0.25, 0.3) is 0 Å². The van der Waals surface area contributed by atoms with Gasteiger partial charge in [-0.2, -0.15) is 0 Å². The fourth-order valence-corrected chi connectivity index (χ4v) is 4.79. The van der Waals surface area contributed by atoms with E-state index in [1.807, 2.05) is 30.9 Å². The Morgan fingerprint density at radius 2 is 1.88 bits per heavy atom. The normalized spacial score (nSPS) is 17.9. The molecule has 8 heteroatoms. The Bertz CT molecular complexity index is 699.